The Morgan fingerprint density at radius 3 is 2.45 bits per heavy atom. The van der Waals surface area contributed by atoms with Gasteiger partial charge in [-0.05, 0) is 30.7 Å². The van der Waals surface area contributed by atoms with E-state index in [0.29, 0.717) is 5.75 Å². The number of phenols is 1. The van der Waals surface area contributed by atoms with Gasteiger partial charge < -0.3 is 15.2 Å². The quantitative estimate of drug-likeness (QED) is 0.595. The van der Waals surface area contributed by atoms with Crippen molar-refractivity contribution in [3.8, 4) is 11.5 Å². The molecule has 0 saturated carbocycles. The first kappa shape index (κ1) is 16.8. The van der Waals surface area contributed by atoms with E-state index in [0.717, 1.165) is 18.7 Å². The molecule has 20 heavy (non-hydrogen) atoms. The lowest BCUT2D eigenvalue weighted by Gasteiger charge is -2.08. The van der Waals surface area contributed by atoms with Crippen LogP contribution in [0.2, 0.25) is 0 Å². The van der Waals surface area contributed by atoms with Crippen molar-refractivity contribution in [2.45, 2.75) is 58.4 Å². The zero-order chi connectivity index (χ0) is 14.6. The van der Waals surface area contributed by atoms with Crippen LogP contribution >= 0.6 is 0 Å². The maximum Gasteiger partial charge on any atom is 0.160 e. The first-order chi connectivity index (χ1) is 9.77. The first-order valence-electron chi connectivity index (χ1n) is 7.84. The highest BCUT2D eigenvalue weighted by Crippen LogP contribution is 2.26. The summed E-state index contributed by atoms with van der Waals surface area (Å²) in [5.74, 6) is 0.739. The summed E-state index contributed by atoms with van der Waals surface area (Å²) in [4.78, 5) is 0. The van der Waals surface area contributed by atoms with Gasteiger partial charge in [0.15, 0.2) is 11.5 Å². The third-order valence-electron chi connectivity index (χ3n) is 3.53. The molecule has 0 fully saturated rings. The molecule has 0 bridgehead atoms. The first-order valence-corrected chi connectivity index (χ1v) is 7.84. The van der Waals surface area contributed by atoms with E-state index in [9.17, 15) is 5.11 Å². The fraction of sp³-hybridized carbons (Fsp3) is 0.647. The van der Waals surface area contributed by atoms with Crippen LogP contribution < -0.4 is 10.1 Å². The van der Waals surface area contributed by atoms with Crippen LogP contribution in [0.4, 0.5) is 0 Å². The average molecular weight is 279 g/mol. The van der Waals surface area contributed by atoms with Crippen molar-refractivity contribution in [2.75, 3.05) is 13.7 Å². The molecule has 0 atom stereocenters. The number of nitrogens with one attached hydrogen (secondary N) is 1. The smallest absolute Gasteiger partial charge is 0.160 e. The molecule has 3 nitrogen and oxygen atoms in total. The number of unbranched alkanes of at least 4 members (excludes halogenated alkanes) is 6. The van der Waals surface area contributed by atoms with E-state index in [2.05, 4.69) is 12.2 Å². The second-order valence-corrected chi connectivity index (χ2v) is 5.30. The number of hydrogen-bond donors (Lipinski definition) is 2. The van der Waals surface area contributed by atoms with E-state index >= 15 is 0 Å². The zero-order valence-corrected chi connectivity index (χ0v) is 13.0. The molecule has 0 spiro atoms. The molecule has 1 aromatic rings. The number of ether oxygens (including phenoxy) is 1. The number of rotatable bonds is 11. The van der Waals surface area contributed by atoms with Crippen LogP contribution in [0.25, 0.3) is 0 Å². The average Bonchev–Trinajstić information content (AvgIpc) is 2.47. The summed E-state index contributed by atoms with van der Waals surface area (Å²) in [6.45, 7) is 4.13. The minimum absolute atomic E-state index is 0.198. The summed E-state index contributed by atoms with van der Waals surface area (Å²) in [6, 6.07) is 5.49. The van der Waals surface area contributed by atoms with Gasteiger partial charge in [0.1, 0.15) is 0 Å². The van der Waals surface area contributed by atoms with Gasteiger partial charge in [-0.3, -0.25) is 0 Å². The molecule has 1 aromatic carbocycles. The molecular weight excluding hydrogens is 250 g/mol. The lowest BCUT2D eigenvalue weighted by molar-refractivity contribution is 0.372. The highest BCUT2D eigenvalue weighted by molar-refractivity contribution is 5.41. The molecule has 0 radical (unpaired) electrons. The SMILES string of the molecule is CCCCCCCCCNCc1ccc(O)c(OC)c1. The van der Waals surface area contributed by atoms with Crippen LogP contribution in [0, 0.1) is 0 Å². The van der Waals surface area contributed by atoms with Gasteiger partial charge in [0, 0.05) is 6.54 Å². The normalized spacial score (nSPS) is 10.7. The Morgan fingerprint density at radius 1 is 1.05 bits per heavy atom. The van der Waals surface area contributed by atoms with Gasteiger partial charge in [-0.1, -0.05) is 51.5 Å². The highest BCUT2D eigenvalue weighted by Gasteiger charge is 2.02. The van der Waals surface area contributed by atoms with Crippen molar-refractivity contribution in [3.05, 3.63) is 23.8 Å². The van der Waals surface area contributed by atoms with Gasteiger partial charge >= 0.3 is 0 Å². The van der Waals surface area contributed by atoms with E-state index in [4.69, 9.17) is 4.74 Å². The van der Waals surface area contributed by atoms with Gasteiger partial charge in [0.25, 0.3) is 0 Å². The molecule has 0 aliphatic carbocycles. The zero-order valence-electron chi connectivity index (χ0n) is 13.0. The lowest BCUT2D eigenvalue weighted by Crippen LogP contribution is -2.14. The molecule has 0 aliphatic heterocycles. The molecule has 0 aliphatic rings. The van der Waals surface area contributed by atoms with E-state index in [1.807, 2.05) is 12.1 Å². The second kappa shape index (κ2) is 10.6. The molecule has 0 saturated heterocycles. The number of hydrogen-bond acceptors (Lipinski definition) is 3. The molecule has 0 heterocycles. The number of phenolic OH excluding ortho intramolecular Hbond substituents is 1. The molecule has 3 heteroatoms. The van der Waals surface area contributed by atoms with E-state index in [-0.39, 0.29) is 5.75 Å². The molecule has 0 aromatic heterocycles. The minimum Gasteiger partial charge on any atom is -0.504 e. The van der Waals surface area contributed by atoms with Crippen molar-refractivity contribution in [2.24, 2.45) is 0 Å². The van der Waals surface area contributed by atoms with Gasteiger partial charge in [-0.15, -0.1) is 0 Å². The second-order valence-electron chi connectivity index (χ2n) is 5.30. The number of benzene rings is 1. The Hall–Kier alpha value is -1.22. The monoisotopic (exact) mass is 279 g/mol. The third kappa shape index (κ3) is 6.80. The Balaban J connectivity index is 2.06. The van der Waals surface area contributed by atoms with Gasteiger partial charge in [0.2, 0.25) is 0 Å². The molecule has 2 N–H and O–H groups in total. The van der Waals surface area contributed by atoms with Gasteiger partial charge in [-0.2, -0.15) is 0 Å². The van der Waals surface area contributed by atoms with E-state index in [1.54, 1.807) is 13.2 Å². The summed E-state index contributed by atoms with van der Waals surface area (Å²) in [5, 5.41) is 13.0. The Morgan fingerprint density at radius 2 is 1.75 bits per heavy atom. The van der Waals surface area contributed by atoms with Crippen LogP contribution in [0.15, 0.2) is 18.2 Å². The molecule has 0 amide bonds. The number of aromatic hydroxyl groups is 1. The predicted molar refractivity (Wildman–Crippen MR) is 84.4 cm³/mol. The van der Waals surface area contributed by atoms with Crippen LogP contribution in [0.3, 0.4) is 0 Å². The van der Waals surface area contributed by atoms with Gasteiger partial charge in [-0.25, -0.2) is 0 Å². The van der Waals surface area contributed by atoms with Crippen LogP contribution in [0.5, 0.6) is 11.5 Å². The van der Waals surface area contributed by atoms with Crippen molar-refractivity contribution < 1.29 is 9.84 Å². The van der Waals surface area contributed by atoms with Crippen molar-refractivity contribution >= 4 is 0 Å². The lowest BCUT2D eigenvalue weighted by atomic mass is 10.1. The standard InChI is InChI=1S/C17H29NO2/c1-3-4-5-6-7-8-9-12-18-14-15-10-11-16(19)17(13-15)20-2/h10-11,13,18-19H,3-9,12,14H2,1-2H3. The summed E-state index contributed by atoms with van der Waals surface area (Å²) in [5.41, 5.74) is 1.14. The summed E-state index contributed by atoms with van der Waals surface area (Å²) in [6.07, 6.45) is 9.37. The minimum atomic E-state index is 0.198. The largest absolute Gasteiger partial charge is 0.504 e. The summed E-state index contributed by atoms with van der Waals surface area (Å²) >= 11 is 0. The fourth-order valence-electron chi connectivity index (χ4n) is 2.27. The van der Waals surface area contributed by atoms with Gasteiger partial charge in [0.05, 0.1) is 7.11 Å². The van der Waals surface area contributed by atoms with Crippen LogP contribution in [0.1, 0.15) is 57.4 Å². The Bertz CT molecular complexity index is 366. The van der Waals surface area contributed by atoms with E-state index in [1.165, 1.54) is 44.9 Å². The topological polar surface area (TPSA) is 41.5 Å². The maximum absolute atomic E-state index is 9.52. The van der Waals surface area contributed by atoms with Crippen molar-refractivity contribution in [1.29, 1.82) is 0 Å². The Kier molecular flexibility index (Phi) is 8.88. The summed E-state index contributed by atoms with van der Waals surface area (Å²) in [7, 11) is 1.57. The predicted octanol–water partition coefficient (Wildman–Crippen LogP) is 4.24. The maximum atomic E-state index is 9.52. The fourth-order valence-corrected chi connectivity index (χ4v) is 2.27. The van der Waals surface area contributed by atoms with Crippen LogP contribution in [-0.4, -0.2) is 18.8 Å². The van der Waals surface area contributed by atoms with E-state index < -0.39 is 0 Å². The molecule has 0 unspecified atom stereocenters. The van der Waals surface area contributed by atoms with Crippen molar-refractivity contribution in [3.63, 3.8) is 0 Å². The highest BCUT2D eigenvalue weighted by atomic mass is 16.5. The third-order valence-corrected chi connectivity index (χ3v) is 3.53. The van der Waals surface area contributed by atoms with Crippen molar-refractivity contribution in [1.82, 2.24) is 5.32 Å². The molecular formula is C17H29NO2. The Labute approximate surface area is 123 Å². The number of methoxy groups -OCH3 is 1. The molecule has 1 rings (SSSR count). The summed E-state index contributed by atoms with van der Waals surface area (Å²) < 4.78 is 5.10. The van der Waals surface area contributed by atoms with Crippen LogP contribution in [-0.2, 0) is 6.54 Å². The molecule has 114 valence electrons.